The third-order valence-electron chi connectivity index (χ3n) is 4.38. The number of carbonyl (C=O) groups is 2. The molecule has 2 amide bonds. The summed E-state index contributed by atoms with van der Waals surface area (Å²) >= 11 is 3.28. The number of ether oxygens (including phenoxy) is 1. The van der Waals surface area contributed by atoms with Gasteiger partial charge in [-0.25, -0.2) is 23.2 Å². The molecule has 1 heterocycles. The van der Waals surface area contributed by atoms with Gasteiger partial charge in [0.15, 0.2) is 5.82 Å². The van der Waals surface area contributed by atoms with Gasteiger partial charge in [-0.1, -0.05) is 54.6 Å². The molecule has 0 unspecified atom stereocenters. The van der Waals surface area contributed by atoms with Crippen LogP contribution in [-0.2, 0) is 32.6 Å². The Bertz CT molecular complexity index is 1200. The van der Waals surface area contributed by atoms with Gasteiger partial charge in [-0.2, -0.15) is 0 Å². The Morgan fingerprint density at radius 3 is 2.24 bits per heavy atom. The van der Waals surface area contributed by atoms with Gasteiger partial charge < -0.3 is 10.1 Å². The van der Waals surface area contributed by atoms with Crippen LogP contribution in [0.4, 0.5) is 4.79 Å². The number of hydrogen-bond acceptors (Lipinski definition) is 7. The highest BCUT2D eigenvalue weighted by atomic mass is 79.9. The van der Waals surface area contributed by atoms with Crippen LogP contribution in [-0.4, -0.2) is 42.7 Å². The van der Waals surface area contributed by atoms with Crippen molar-refractivity contribution in [3.05, 3.63) is 82.6 Å². The van der Waals surface area contributed by atoms with Crippen molar-refractivity contribution in [2.75, 3.05) is 6.26 Å². The number of hydrogen-bond donors (Lipinski definition) is 2. The molecule has 0 aliphatic carbocycles. The lowest BCUT2D eigenvalue weighted by molar-refractivity contribution is -0.121. The maximum atomic E-state index is 12.5. The normalized spacial score (nSPS) is 11.9. The lowest BCUT2D eigenvalue weighted by Gasteiger charge is -2.18. The molecular weight excluding hydrogens is 512 g/mol. The molecule has 1 atom stereocenters. The number of benzene rings is 2. The van der Waals surface area contributed by atoms with Crippen molar-refractivity contribution in [3.63, 3.8) is 0 Å². The van der Waals surface area contributed by atoms with Gasteiger partial charge in [-0.3, -0.25) is 9.52 Å². The van der Waals surface area contributed by atoms with Gasteiger partial charge in [0.1, 0.15) is 12.6 Å². The number of rotatable bonds is 8. The molecule has 0 saturated heterocycles. The SMILES string of the molecule is CS(=O)(=O)NC(=O)[C@H](Cc1ccc(-c2ncc(Br)cn2)cc1)NC(=O)OCc1ccccc1. The molecule has 3 aromatic rings. The maximum Gasteiger partial charge on any atom is 0.408 e. The van der Waals surface area contributed by atoms with E-state index in [1.165, 1.54) is 0 Å². The Hall–Kier alpha value is -3.31. The van der Waals surface area contributed by atoms with Gasteiger partial charge in [-0.05, 0) is 27.1 Å². The fraction of sp³-hybridized carbons (Fsp3) is 0.182. The number of aromatic nitrogens is 2. The van der Waals surface area contributed by atoms with Gasteiger partial charge in [0.05, 0.1) is 10.7 Å². The van der Waals surface area contributed by atoms with Crippen molar-refractivity contribution in [2.45, 2.75) is 19.1 Å². The molecule has 0 radical (unpaired) electrons. The van der Waals surface area contributed by atoms with Crippen LogP contribution in [0.2, 0.25) is 0 Å². The minimum Gasteiger partial charge on any atom is -0.445 e. The van der Waals surface area contributed by atoms with E-state index < -0.39 is 28.1 Å². The van der Waals surface area contributed by atoms with Crippen molar-refractivity contribution in [3.8, 4) is 11.4 Å². The van der Waals surface area contributed by atoms with Crippen LogP contribution in [0, 0.1) is 0 Å². The van der Waals surface area contributed by atoms with Crippen LogP contribution in [0.5, 0.6) is 0 Å². The van der Waals surface area contributed by atoms with Gasteiger partial charge in [-0.15, -0.1) is 0 Å². The lowest BCUT2D eigenvalue weighted by Crippen LogP contribution is -2.49. The van der Waals surface area contributed by atoms with E-state index in [0.717, 1.165) is 21.9 Å². The van der Waals surface area contributed by atoms with Gasteiger partial charge >= 0.3 is 6.09 Å². The Morgan fingerprint density at radius 2 is 1.64 bits per heavy atom. The summed E-state index contributed by atoms with van der Waals surface area (Å²) in [5, 5.41) is 2.44. The van der Waals surface area contributed by atoms with E-state index in [9.17, 15) is 18.0 Å². The molecule has 0 aliphatic heterocycles. The molecule has 0 fully saturated rings. The topological polar surface area (TPSA) is 127 Å². The van der Waals surface area contributed by atoms with Crippen LogP contribution in [0.1, 0.15) is 11.1 Å². The minimum absolute atomic E-state index is 0.00890. The fourth-order valence-corrected chi connectivity index (χ4v) is 3.57. The predicted molar refractivity (Wildman–Crippen MR) is 125 cm³/mol. The summed E-state index contributed by atoms with van der Waals surface area (Å²) in [4.78, 5) is 33.2. The fourth-order valence-electron chi connectivity index (χ4n) is 2.86. The molecule has 2 aromatic carbocycles. The van der Waals surface area contributed by atoms with Crippen LogP contribution in [0.15, 0.2) is 71.5 Å². The quantitative estimate of drug-likeness (QED) is 0.456. The van der Waals surface area contributed by atoms with Crippen molar-refractivity contribution < 1.29 is 22.7 Å². The van der Waals surface area contributed by atoms with E-state index in [2.05, 4.69) is 31.2 Å². The van der Waals surface area contributed by atoms with Crippen molar-refractivity contribution in [1.29, 1.82) is 0 Å². The van der Waals surface area contributed by atoms with Gasteiger partial charge in [0.25, 0.3) is 5.91 Å². The third kappa shape index (κ3) is 7.95. The van der Waals surface area contributed by atoms with Gasteiger partial charge in [0, 0.05) is 24.4 Å². The minimum atomic E-state index is -3.81. The molecule has 172 valence electrons. The average Bonchev–Trinajstić information content (AvgIpc) is 2.78. The molecule has 3 rings (SSSR count). The summed E-state index contributed by atoms with van der Waals surface area (Å²) < 4.78 is 30.9. The number of amides is 2. The smallest absolute Gasteiger partial charge is 0.408 e. The van der Waals surface area contributed by atoms with E-state index >= 15 is 0 Å². The Balaban J connectivity index is 1.70. The van der Waals surface area contributed by atoms with Crippen LogP contribution >= 0.6 is 15.9 Å². The summed E-state index contributed by atoms with van der Waals surface area (Å²) in [5.41, 5.74) is 2.22. The second-order valence-electron chi connectivity index (χ2n) is 7.12. The van der Waals surface area contributed by atoms with Crippen molar-refractivity contribution in [1.82, 2.24) is 20.0 Å². The first-order valence-electron chi connectivity index (χ1n) is 9.75. The first kappa shape index (κ1) is 24.3. The van der Waals surface area contributed by atoms with E-state index in [1.807, 2.05) is 22.9 Å². The third-order valence-corrected chi connectivity index (χ3v) is 5.36. The summed E-state index contributed by atoms with van der Waals surface area (Å²) in [6.07, 6.45) is 3.33. The molecule has 0 aliphatic rings. The zero-order valence-corrected chi connectivity index (χ0v) is 20.0. The molecule has 0 saturated carbocycles. The van der Waals surface area contributed by atoms with Crippen molar-refractivity contribution >= 4 is 38.0 Å². The highest BCUT2D eigenvalue weighted by molar-refractivity contribution is 9.10. The second kappa shape index (κ2) is 11.0. The summed E-state index contributed by atoms with van der Waals surface area (Å²) in [6, 6.07) is 14.9. The summed E-state index contributed by atoms with van der Waals surface area (Å²) in [6.45, 7) is 0.00890. The van der Waals surface area contributed by atoms with E-state index in [4.69, 9.17) is 4.74 Å². The zero-order chi connectivity index (χ0) is 23.8. The molecule has 33 heavy (non-hydrogen) atoms. The van der Waals surface area contributed by atoms with Crippen LogP contribution in [0.3, 0.4) is 0 Å². The summed E-state index contributed by atoms with van der Waals surface area (Å²) in [5.74, 6) is -0.340. The van der Waals surface area contributed by atoms with E-state index in [-0.39, 0.29) is 13.0 Å². The zero-order valence-electron chi connectivity index (χ0n) is 17.6. The van der Waals surface area contributed by atoms with E-state index in [0.29, 0.717) is 11.4 Å². The number of nitrogens with one attached hydrogen (secondary N) is 2. The standard InChI is InChI=1S/C22H21BrN4O5S/c1-33(30,31)27-21(28)19(26-22(29)32-14-16-5-3-2-4-6-16)11-15-7-9-17(10-8-15)20-24-12-18(23)13-25-20/h2-10,12-13,19H,11,14H2,1H3,(H,26,29)(H,27,28)/t19-/m0/s1. The first-order valence-corrected chi connectivity index (χ1v) is 12.4. The van der Waals surface area contributed by atoms with Crippen LogP contribution < -0.4 is 10.0 Å². The monoisotopic (exact) mass is 532 g/mol. The first-order chi connectivity index (χ1) is 15.7. The molecule has 9 nitrogen and oxygen atoms in total. The van der Waals surface area contributed by atoms with Crippen LogP contribution in [0.25, 0.3) is 11.4 Å². The number of sulfonamides is 1. The molecule has 2 N–H and O–H groups in total. The predicted octanol–water partition coefficient (Wildman–Crippen LogP) is 2.82. The number of carbonyl (C=O) groups excluding carboxylic acids is 2. The van der Waals surface area contributed by atoms with Gasteiger partial charge in [0.2, 0.25) is 10.0 Å². The molecule has 0 spiro atoms. The van der Waals surface area contributed by atoms with E-state index in [1.54, 1.807) is 48.8 Å². The Morgan fingerprint density at radius 1 is 1.00 bits per heavy atom. The number of halogens is 1. The largest absolute Gasteiger partial charge is 0.445 e. The Labute approximate surface area is 199 Å². The molecule has 1 aromatic heterocycles. The Kier molecular flexibility index (Phi) is 8.12. The maximum absolute atomic E-state index is 12.5. The highest BCUT2D eigenvalue weighted by Gasteiger charge is 2.24. The average molecular weight is 533 g/mol. The lowest BCUT2D eigenvalue weighted by atomic mass is 10.0. The highest BCUT2D eigenvalue weighted by Crippen LogP contribution is 2.17. The van der Waals surface area contributed by atoms with Crippen molar-refractivity contribution in [2.24, 2.45) is 0 Å². The molecule has 11 heteroatoms. The number of alkyl carbamates (subject to hydrolysis) is 1. The second-order valence-corrected chi connectivity index (χ2v) is 9.79. The molecule has 0 bridgehead atoms. The molecular formula is C22H21BrN4O5S. The summed E-state index contributed by atoms with van der Waals surface area (Å²) in [7, 11) is -3.81. The number of nitrogens with zero attached hydrogens (tertiary/aromatic N) is 2.